The Bertz CT molecular complexity index is 1940. The molecule has 0 aliphatic carbocycles. The molecule has 19 heteroatoms. The van der Waals surface area contributed by atoms with Crippen LogP contribution in [0.4, 0.5) is 0 Å². The molecule has 0 bridgehead atoms. The zero-order chi connectivity index (χ0) is 74.8. The van der Waals surface area contributed by atoms with Gasteiger partial charge in [-0.25, -0.2) is 9.13 Å². The van der Waals surface area contributed by atoms with Gasteiger partial charge in [0, 0.05) is 25.7 Å². The zero-order valence-electron chi connectivity index (χ0n) is 66.8. The molecule has 0 saturated carbocycles. The third kappa shape index (κ3) is 76.3. The highest BCUT2D eigenvalue weighted by Crippen LogP contribution is 2.45. The maximum absolute atomic E-state index is 13.1. The lowest BCUT2D eigenvalue weighted by molar-refractivity contribution is -0.161. The number of unbranched alkanes of at least 4 members (excludes halogenated alkanes) is 55. The summed E-state index contributed by atoms with van der Waals surface area (Å²) in [7, 11) is -9.92. The maximum Gasteiger partial charge on any atom is 0.472 e. The highest BCUT2D eigenvalue weighted by Gasteiger charge is 2.30. The van der Waals surface area contributed by atoms with Crippen molar-refractivity contribution in [3.8, 4) is 0 Å². The molecule has 17 nitrogen and oxygen atoms in total. The van der Waals surface area contributed by atoms with Crippen molar-refractivity contribution in [2.75, 3.05) is 39.6 Å². The summed E-state index contributed by atoms with van der Waals surface area (Å²) in [6, 6.07) is 0. The number of carbonyl (C=O) groups excluding carboxylic acids is 4. The van der Waals surface area contributed by atoms with Crippen LogP contribution in [-0.2, 0) is 65.4 Å². The van der Waals surface area contributed by atoms with Crippen molar-refractivity contribution in [1.82, 2.24) is 0 Å². The number of hydrogen-bond acceptors (Lipinski definition) is 15. The zero-order valence-corrected chi connectivity index (χ0v) is 68.5. The fourth-order valence-electron chi connectivity index (χ4n) is 12.9. The quantitative estimate of drug-likeness (QED) is 0.0222. The Balaban J connectivity index is 5.15. The first-order valence-corrected chi connectivity index (χ1v) is 46.1. The van der Waals surface area contributed by atoms with Gasteiger partial charge in [0.25, 0.3) is 0 Å². The van der Waals surface area contributed by atoms with E-state index >= 15 is 0 Å². The van der Waals surface area contributed by atoms with E-state index in [0.717, 1.165) is 89.9 Å². The molecular weight excluding hydrogens is 1330 g/mol. The van der Waals surface area contributed by atoms with Crippen molar-refractivity contribution in [2.45, 2.75) is 464 Å². The van der Waals surface area contributed by atoms with Crippen LogP contribution in [0.15, 0.2) is 0 Å². The van der Waals surface area contributed by atoms with E-state index in [9.17, 15) is 43.2 Å². The molecule has 0 rings (SSSR count). The van der Waals surface area contributed by atoms with Crippen LogP contribution in [0.25, 0.3) is 0 Å². The number of ether oxygens (including phenoxy) is 4. The Morgan fingerprint density at radius 3 is 0.667 bits per heavy atom. The molecule has 2 unspecified atom stereocenters. The summed E-state index contributed by atoms with van der Waals surface area (Å²) in [6.45, 7) is 7.24. The van der Waals surface area contributed by atoms with E-state index in [2.05, 4.69) is 34.6 Å². The Kier molecular flexibility index (Phi) is 74.4. The van der Waals surface area contributed by atoms with E-state index in [4.69, 9.17) is 37.0 Å². The maximum atomic E-state index is 13.1. The van der Waals surface area contributed by atoms with Gasteiger partial charge in [0.1, 0.15) is 19.3 Å². The average molecular weight is 1490 g/mol. The second kappa shape index (κ2) is 75.9. The number of phosphoric acid groups is 2. The molecule has 0 aromatic carbocycles. The van der Waals surface area contributed by atoms with Crippen molar-refractivity contribution in [2.24, 2.45) is 5.92 Å². The number of carbonyl (C=O) groups is 4. The van der Waals surface area contributed by atoms with Crippen LogP contribution in [0, 0.1) is 5.92 Å². The van der Waals surface area contributed by atoms with Gasteiger partial charge in [0.2, 0.25) is 0 Å². The third-order valence-electron chi connectivity index (χ3n) is 19.5. The minimum Gasteiger partial charge on any atom is -0.462 e. The standard InChI is InChI=1S/C83H162O17P2/c1-6-9-12-15-18-21-23-25-27-29-31-33-35-37-39-41-43-45-48-53-58-63-68-82(87)99-78(72-94-81(86)67-62-57-52-47-44-42-40-38-36-34-32-30-28-26-24-22-19-16-13-10-7-2)74-97-101(89,90)95-70-77(84)71-96-102(91,92)98-75-79(73-93-80(85)66-61-56-51-46-20-17-14-11-8-3)100-83(88)69-64-59-54-49-50-55-60-65-76(4)5/h76-79,84H,6-75H2,1-5H3,(H,89,90)(H,91,92)/t77-,78-,79-/m1/s1. The fourth-order valence-corrected chi connectivity index (χ4v) is 14.5. The number of rotatable bonds is 83. The summed E-state index contributed by atoms with van der Waals surface area (Å²) in [5, 5.41) is 10.6. The third-order valence-corrected chi connectivity index (χ3v) is 21.4. The molecule has 0 saturated heterocycles. The lowest BCUT2D eigenvalue weighted by Crippen LogP contribution is -2.30. The summed E-state index contributed by atoms with van der Waals surface area (Å²) in [4.78, 5) is 72.9. The van der Waals surface area contributed by atoms with Gasteiger partial charge in [0.05, 0.1) is 26.4 Å². The molecule has 606 valence electrons. The Labute approximate surface area is 626 Å². The largest absolute Gasteiger partial charge is 0.472 e. The second-order valence-electron chi connectivity index (χ2n) is 30.3. The van der Waals surface area contributed by atoms with Gasteiger partial charge < -0.3 is 33.8 Å². The molecule has 0 heterocycles. The Morgan fingerprint density at radius 1 is 0.265 bits per heavy atom. The number of esters is 4. The van der Waals surface area contributed by atoms with Crippen LogP contribution in [0.1, 0.15) is 446 Å². The summed E-state index contributed by atoms with van der Waals surface area (Å²) >= 11 is 0. The van der Waals surface area contributed by atoms with E-state index in [-0.39, 0.29) is 25.7 Å². The van der Waals surface area contributed by atoms with Gasteiger partial charge in [-0.2, -0.15) is 0 Å². The van der Waals surface area contributed by atoms with E-state index in [0.29, 0.717) is 31.6 Å². The SMILES string of the molecule is CCCCCCCCCCCCCCCCCCCCCCCCC(=O)O[C@H](COC(=O)CCCCCCCCCCCCCCCCCCCCCCC)COP(=O)(O)OC[C@@H](O)COP(=O)(O)OC[C@@H](COC(=O)CCCCCCCCCCC)OC(=O)CCCCCCCCCC(C)C. The van der Waals surface area contributed by atoms with Gasteiger partial charge >= 0.3 is 39.5 Å². The number of aliphatic hydroxyl groups excluding tert-OH is 1. The van der Waals surface area contributed by atoms with Crippen molar-refractivity contribution >= 4 is 39.5 Å². The van der Waals surface area contributed by atoms with Crippen molar-refractivity contribution in [3.63, 3.8) is 0 Å². The number of aliphatic hydroxyl groups is 1. The lowest BCUT2D eigenvalue weighted by Gasteiger charge is -2.21. The van der Waals surface area contributed by atoms with Gasteiger partial charge in [0.15, 0.2) is 12.2 Å². The first-order chi connectivity index (χ1) is 49.5. The van der Waals surface area contributed by atoms with Crippen LogP contribution in [0.5, 0.6) is 0 Å². The predicted molar refractivity (Wildman–Crippen MR) is 418 cm³/mol. The summed E-state index contributed by atoms with van der Waals surface area (Å²) < 4.78 is 68.6. The molecule has 0 aromatic rings. The number of hydrogen-bond donors (Lipinski definition) is 3. The lowest BCUT2D eigenvalue weighted by atomic mass is 10.0. The molecule has 0 aliphatic rings. The molecule has 0 spiro atoms. The predicted octanol–water partition coefficient (Wildman–Crippen LogP) is 25.2. The van der Waals surface area contributed by atoms with Crippen molar-refractivity contribution in [3.05, 3.63) is 0 Å². The fraction of sp³-hybridized carbons (Fsp3) is 0.952. The topological polar surface area (TPSA) is 237 Å². The average Bonchev–Trinajstić information content (AvgIpc) is 1.12. The molecular formula is C83H162O17P2. The van der Waals surface area contributed by atoms with Crippen LogP contribution in [0.3, 0.4) is 0 Å². The summed E-state index contributed by atoms with van der Waals surface area (Å²) in [6.07, 6.45) is 68.5. The number of phosphoric ester groups is 2. The molecule has 0 aromatic heterocycles. The molecule has 0 radical (unpaired) electrons. The Hall–Kier alpha value is -1.94. The smallest absolute Gasteiger partial charge is 0.462 e. The summed E-state index contributed by atoms with van der Waals surface area (Å²) in [5.41, 5.74) is 0. The monoisotopic (exact) mass is 1490 g/mol. The van der Waals surface area contributed by atoms with E-state index in [1.807, 2.05) is 0 Å². The molecule has 0 amide bonds. The van der Waals surface area contributed by atoms with Gasteiger partial charge in [-0.3, -0.25) is 37.3 Å². The summed E-state index contributed by atoms with van der Waals surface area (Å²) in [5.74, 6) is -1.42. The minimum absolute atomic E-state index is 0.104. The molecule has 3 N–H and O–H groups in total. The first kappa shape index (κ1) is 100. The van der Waals surface area contributed by atoms with Crippen molar-refractivity contribution in [1.29, 1.82) is 0 Å². The van der Waals surface area contributed by atoms with Crippen LogP contribution in [-0.4, -0.2) is 96.7 Å². The van der Waals surface area contributed by atoms with Crippen LogP contribution >= 0.6 is 15.6 Å². The molecule has 5 atom stereocenters. The second-order valence-corrected chi connectivity index (χ2v) is 33.3. The van der Waals surface area contributed by atoms with Gasteiger partial charge in [-0.05, 0) is 31.6 Å². The van der Waals surface area contributed by atoms with E-state index in [1.165, 1.54) is 270 Å². The minimum atomic E-state index is -4.96. The van der Waals surface area contributed by atoms with Gasteiger partial charge in [-0.15, -0.1) is 0 Å². The van der Waals surface area contributed by atoms with Crippen molar-refractivity contribution < 1.29 is 80.2 Å². The first-order valence-electron chi connectivity index (χ1n) is 43.1. The highest BCUT2D eigenvalue weighted by atomic mass is 31.2. The normalized spacial score (nSPS) is 13.8. The molecule has 0 fully saturated rings. The van der Waals surface area contributed by atoms with Crippen LogP contribution in [0.2, 0.25) is 0 Å². The van der Waals surface area contributed by atoms with E-state index in [1.54, 1.807) is 0 Å². The van der Waals surface area contributed by atoms with Crippen LogP contribution < -0.4 is 0 Å². The highest BCUT2D eigenvalue weighted by molar-refractivity contribution is 7.47. The van der Waals surface area contributed by atoms with E-state index < -0.39 is 97.5 Å². The molecule has 0 aliphatic heterocycles. The Morgan fingerprint density at radius 2 is 0.451 bits per heavy atom. The molecule has 102 heavy (non-hydrogen) atoms. The van der Waals surface area contributed by atoms with Gasteiger partial charge in [-0.1, -0.05) is 394 Å².